The van der Waals surface area contributed by atoms with E-state index in [0.29, 0.717) is 19.8 Å². The fourth-order valence-electron chi connectivity index (χ4n) is 1.80. The molecule has 1 saturated heterocycles. The Hall–Kier alpha value is -0.950. The molecule has 1 aliphatic heterocycles. The van der Waals surface area contributed by atoms with E-state index in [-0.39, 0.29) is 13.0 Å². The van der Waals surface area contributed by atoms with Crippen LogP contribution < -0.4 is 5.11 Å². The summed E-state index contributed by atoms with van der Waals surface area (Å²) in [5.74, 6) is -1.08. The molecule has 6 nitrogen and oxygen atoms in total. The van der Waals surface area contributed by atoms with Crippen LogP contribution in [0.1, 0.15) is 13.3 Å². The summed E-state index contributed by atoms with van der Waals surface area (Å²) in [6.45, 7) is 12.6. The standard InChI is InChI=1S/C8H16NO.C7H14O4/c1-3-4-9(2)5-7-10-8-6-9;1-2-10-5-6-11-4-3-7(8)9/h3H,1,4-8H2,2H3;2-6H2,1H3,(H,8,9)/q+1;/p-1. The number of carboxylic acid groups (broad SMARTS) is 1. The average molecular weight is 303 g/mol. The second-order valence-corrected chi connectivity index (χ2v) is 5.08. The first-order valence-corrected chi connectivity index (χ1v) is 7.41. The lowest BCUT2D eigenvalue weighted by molar-refractivity contribution is -0.911. The Morgan fingerprint density at radius 1 is 1.29 bits per heavy atom. The van der Waals surface area contributed by atoms with Crippen molar-refractivity contribution in [3.05, 3.63) is 12.7 Å². The summed E-state index contributed by atoms with van der Waals surface area (Å²) < 4.78 is 16.2. The van der Waals surface area contributed by atoms with E-state index in [2.05, 4.69) is 13.6 Å². The first-order chi connectivity index (χ1) is 10.0. The molecule has 1 rings (SSSR count). The van der Waals surface area contributed by atoms with Gasteiger partial charge in [0.15, 0.2) is 0 Å². The van der Waals surface area contributed by atoms with Gasteiger partial charge >= 0.3 is 0 Å². The van der Waals surface area contributed by atoms with E-state index in [0.717, 1.165) is 37.3 Å². The zero-order valence-corrected chi connectivity index (χ0v) is 13.3. The van der Waals surface area contributed by atoms with Crippen LogP contribution in [-0.4, -0.2) is 76.8 Å². The molecule has 0 aromatic rings. The van der Waals surface area contributed by atoms with Crippen molar-refractivity contribution in [2.24, 2.45) is 0 Å². The molecule has 6 heteroatoms. The molecule has 21 heavy (non-hydrogen) atoms. The minimum atomic E-state index is -1.08. The number of nitrogens with zero attached hydrogens (tertiary/aromatic N) is 1. The monoisotopic (exact) mass is 303 g/mol. The van der Waals surface area contributed by atoms with E-state index in [1.807, 2.05) is 13.0 Å². The van der Waals surface area contributed by atoms with Gasteiger partial charge in [0.05, 0.1) is 46.6 Å². The minimum absolute atomic E-state index is 0.0495. The number of likely N-dealkylation sites (N-methyl/N-ethyl adjacent to an activating group) is 1. The van der Waals surface area contributed by atoms with Gasteiger partial charge < -0.3 is 28.6 Å². The summed E-state index contributed by atoms with van der Waals surface area (Å²) in [6.07, 6.45) is 1.94. The molecule has 0 aromatic heterocycles. The van der Waals surface area contributed by atoms with Crippen LogP contribution in [0.2, 0.25) is 0 Å². The molecule has 1 heterocycles. The van der Waals surface area contributed by atoms with Crippen molar-refractivity contribution in [3.8, 4) is 0 Å². The van der Waals surface area contributed by atoms with Crippen molar-refractivity contribution in [1.29, 1.82) is 0 Å². The smallest absolute Gasteiger partial charge is 0.102 e. The van der Waals surface area contributed by atoms with Crippen LogP contribution in [0.4, 0.5) is 0 Å². The third-order valence-electron chi connectivity index (χ3n) is 3.15. The zero-order chi connectivity index (χ0) is 16.0. The fraction of sp³-hybridized carbons (Fsp3) is 0.800. The van der Waals surface area contributed by atoms with Crippen molar-refractivity contribution in [3.63, 3.8) is 0 Å². The maximum Gasteiger partial charge on any atom is 0.102 e. The van der Waals surface area contributed by atoms with Crippen LogP contribution >= 0.6 is 0 Å². The number of hydrogen-bond acceptors (Lipinski definition) is 5. The van der Waals surface area contributed by atoms with Gasteiger partial charge in [-0.25, -0.2) is 0 Å². The first kappa shape index (κ1) is 20.1. The van der Waals surface area contributed by atoms with Gasteiger partial charge in [-0.3, -0.25) is 0 Å². The zero-order valence-electron chi connectivity index (χ0n) is 13.3. The lowest BCUT2D eigenvalue weighted by Crippen LogP contribution is -2.51. The van der Waals surface area contributed by atoms with Gasteiger partial charge in [0.2, 0.25) is 0 Å². The maximum atomic E-state index is 9.87. The summed E-state index contributed by atoms with van der Waals surface area (Å²) in [4.78, 5) is 9.87. The quantitative estimate of drug-likeness (QED) is 0.336. The summed E-state index contributed by atoms with van der Waals surface area (Å²) in [5.41, 5.74) is 0. The second kappa shape index (κ2) is 12.8. The molecule has 1 aliphatic rings. The summed E-state index contributed by atoms with van der Waals surface area (Å²) in [6, 6.07) is 0. The third kappa shape index (κ3) is 12.5. The highest BCUT2D eigenvalue weighted by atomic mass is 16.5. The van der Waals surface area contributed by atoms with Crippen LogP contribution in [0.25, 0.3) is 0 Å². The summed E-state index contributed by atoms with van der Waals surface area (Å²) in [7, 11) is 2.25. The number of carbonyl (C=O) groups excluding carboxylic acids is 1. The molecular formula is C15H29NO5. The maximum absolute atomic E-state index is 9.87. The number of hydrogen-bond donors (Lipinski definition) is 0. The van der Waals surface area contributed by atoms with Crippen LogP contribution in [0, 0.1) is 0 Å². The molecule has 0 spiro atoms. The van der Waals surface area contributed by atoms with Gasteiger partial charge in [-0.05, 0) is 13.0 Å². The molecule has 0 saturated carbocycles. The topological polar surface area (TPSA) is 67.8 Å². The number of carbonyl (C=O) groups is 1. The van der Waals surface area contributed by atoms with Gasteiger partial charge in [0.1, 0.15) is 13.1 Å². The number of aliphatic carboxylic acids is 1. The Bertz CT molecular complexity index is 277. The van der Waals surface area contributed by atoms with Gasteiger partial charge in [-0.15, -0.1) is 0 Å². The van der Waals surface area contributed by atoms with Crippen molar-refractivity contribution in [1.82, 2.24) is 0 Å². The number of rotatable bonds is 9. The molecule has 1 fully saturated rings. The number of carboxylic acids is 1. The Morgan fingerprint density at radius 3 is 2.43 bits per heavy atom. The SMILES string of the molecule is C=CC[N+]1(C)CCOCC1.CCOCCOCCC(=O)[O-]. The average Bonchev–Trinajstić information content (AvgIpc) is 2.44. The largest absolute Gasteiger partial charge is 0.550 e. The van der Waals surface area contributed by atoms with Crippen LogP contribution in [0.5, 0.6) is 0 Å². The molecule has 0 radical (unpaired) electrons. The van der Waals surface area contributed by atoms with Gasteiger partial charge in [-0.2, -0.15) is 0 Å². The van der Waals surface area contributed by atoms with E-state index in [1.54, 1.807) is 0 Å². The highest BCUT2D eigenvalue weighted by Gasteiger charge is 2.22. The highest BCUT2D eigenvalue weighted by Crippen LogP contribution is 2.06. The molecule has 0 atom stereocenters. The first-order valence-electron chi connectivity index (χ1n) is 7.41. The van der Waals surface area contributed by atoms with E-state index in [1.165, 1.54) is 0 Å². The third-order valence-corrected chi connectivity index (χ3v) is 3.15. The van der Waals surface area contributed by atoms with Crippen LogP contribution in [0.15, 0.2) is 12.7 Å². The molecule has 0 N–H and O–H groups in total. The second-order valence-electron chi connectivity index (χ2n) is 5.08. The molecule has 0 amide bonds. The lowest BCUT2D eigenvalue weighted by atomic mass is 10.3. The minimum Gasteiger partial charge on any atom is -0.550 e. The van der Waals surface area contributed by atoms with Gasteiger partial charge in [-0.1, -0.05) is 6.58 Å². The van der Waals surface area contributed by atoms with Crippen molar-refractivity contribution in [2.75, 3.05) is 66.3 Å². The Balaban J connectivity index is 0.000000382. The predicted molar refractivity (Wildman–Crippen MR) is 78.7 cm³/mol. The summed E-state index contributed by atoms with van der Waals surface area (Å²) in [5, 5.41) is 9.87. The molecule has 0 unspecified atom stereocenters. The lowest BCUT2D eigenvalue weighted by Gasteiger charge is -2.36. The molecule has 124 valence electrons. The fourth-order valence-corrected chi connectivity index (χ4v) is 1.80. The number of morpholine rings is 1. The number of ether oxygens (including phenoxy) is 3. The molecule has 0 aliphatic carbocycles. The van der Waals surface area contributed by atoms with Crippen molar-refractivity contribution < 1.29 is 28.6 Å². The molecular weight excluding hydrogens is 274 g/mol. The van der Waals surface area contributed by atoms with E-state index in [9.17, 15) is 9.90 Å². The van der Waals surface area contributed by atoms with Gasteiger partial charge in [0, 0.05) is 19.0 Å². The Morgan fingerprint density at radius 2 is 1.90 bits per heavy atom. The van der Waals surface area contributed by atoms with Gasteiger partial charge in [0.25, 0.3) is 0 Å². The molecule has 0 aromatic carbocycles. The number of quaternary nitrogens is 1. The normalized spacial score (nSPS) is 16.7. The van der Waals surface area contributed by atoms with Crippen molar-refractivity contribution in [2.45, 2.75) is 13.3 Å². The van der Waals surface area contributed by atoms with E-state index >= 15 is 0 Å². The van der Waals surface area contributed by atoms with Crippen molar-refractivity contribution >= 4 is 5.97 Å². The van der Waals surface area contributed by atoms with E-state index < -0.39 is 5.97 Å². The molecule has 0 bridgehead atoms. The van der Waals surface area contributed by atoms with E-state index in [4.69, 9.17) is 14.2 Å². The highest BCUT2D eigenvalue weighted by molar-refractivity contribution is 5.64. The predicted octanol–water partition coefficient (Wildman–Crippen LogP) is -0.171. The van der Waals surface area contributed by atoms with Crippen LogP contribution in [0.3, 0.4) is 0 Å². The summed E-state index contributed by atoms with van der Waals surface area (Å²) >= 11 is 0. The Labute approximate surface area is 127 Å². The Kier molecular flexibility index (Phi) is 12.2. The van der Waals surface area contributed by atoms with Crippen LogP contribution in [-0.2, 0) is 19.0 Å².